The van der Waals surface area contributed by atoms with Gasteiger partial charge < -0.3 is 19.7 Å². The molecule has 4 nitrogen and oxygen atoms in total. The van der Waals surface area contributed by atoms with Crippen LogP contribution in [-0.2, 0) is 16.0 Å². The van der Waals surface area contributed by atoms with Gasteiger partial charge in [0, 0.05) is 38.5 Å². The van der Waals surface area contributed by atoms with E-state index >= 15 is 0 Å². The summed E-state index contributed by atoms with van der Waals surface area (Å²) in [6.07, 6.45) is 0. The summed E-state index contributed by atoms with van der Waals surface area (Å²) in [5.74, 6) is -0.210. The molecule has 0 aliphatic rings. The van der Waals surface area contributed by atoms with Gasteiger partial charge in [0.2, 0.25) is 0 Å². The first-order valence-electron chi connectivity index (χ1n) is 7.56. The molecule has 0 saturated heterocycles. The first kappa shape index (κ1) is 17.9. The van der Waals surface area contributed by atoms with E-state index in [9.17, 15) is 4.39 Å². The minimum Gasteiger partial charge on any atom is -0.380 e. The lowest BCUT2D eigenvalue weighted by Gasteiger charge is -2.27. The van der Waals surface area contributed by atoms with Gasteiger partial charge in [0.05, 0.1) is 13.2 Å². The van der Waals surface area contributed by atoms with E-state index in [4.69, 9.17) is 9.47 Å². The number of anilines is 1. The number of halogens is 1. The summed E-state index contributed by atoms with van der Waals surface area (Å²) in [6, 6.07) is 4.92. The molecule has 21 heavy (non-hydrogen) atoms. The Morgan fingerprint density at radius 2 is 1.71 bits per heavy atom. The van der Waals surface area contributed by atoms with E-state index in [1.54, 1.807) is 6.07 Å². The molecule has 0 radical (unpaired) electrons. The Morgan fingerprint density at radius 1 is 1.10 bits per heavy atom. The number of ether oxygens (including phenoxy) is 2. The van der Waals surface area contributed by atoms with Crippen molar-refractivity contribution in [2.24, 2.45) is 0 Å². The monoisotopic (exact) mass is 298 g/mol. The lowest BCUT2D eigenvalue weighted by Crippen LogP contribution is -2.32. The van der Waals surface area contributed by atoms with Gasteiger partial charge in [-0.1, -0.05) is 0 Å². The van der Waals surface area contributed by atoms with Gasteiger partial charge in [-0.2, -0.15) is 0 Å². The van der Waals surface area contributed by atoms with E-state index in [2.05, 4.69) is 10.2 Å². The Kier molecular flexibility index (Phi) is 8.98. The third kappa shape index (κ3) is 6.42. The summed E-state index contributed by atoms with van der Waals surface area (Å²) in [5, 5.41) is 3.09. The van der Waals surface area contributed by atoms with E-state index < -0.39 is 0 Å². The molecule has 0 aliphatic heterocycles. The molecule has 0 bridgehead atoms. The van der Waals surface area contributed by atoms with Crippen LogP contribution >= 0.6 is 0 Å². The Labute approximate surface area is 127 Å². The second-order valence-electron chi connectivity index (χ2n) is 4.68. The SMILES string of the molecule is CCOCCN(CCOCC)c1ccc(F)cc1CNC. The summed E-state index contributed by atoms with van der Waals surface area (Å²) < 4.78 is 24.3. The summed E-state index contributed by atoms with van der Waals surface area (Å²) in [6.45, 7) is 8.83. The van der Waals surface area contributed by atoms with Crippen LogP contribution in [0.15, 0.2) is 18.2 Å². The Morgan fingerprint density at radius 3 is 2.24 bits per heavy atom. The maximum Gasteiger partial charge on any atom is 0.123 e. The zero-order chi connectivity index (χ0) is 15.5. The fourth-order valence-electron chi connectivity index (χ4n) is 2.19. The standard InChI is InChI=1S/C16H27FN2O2/c1-4-20-10-8-19(9-11-21-5-2)16-7-6-15(17)12-14(16)13-18-3/h6-7,12,18H,4-5,8-11,13H2,1-3H3. The minimum absolute atomic E-state index is 0.210. The topological polar surface area (TPSA) is 33.7 Å². The second kappa shape index (κ2) is 10.5. The first-order chi connectivity index (χ1) is 10.2. The summed E-state index contributed by atoms with van der Waals surface area (Å²) in [4.78, 5) is 2.19. The number of nitrogens with one attached hydrogen (secondary N) is 1. The van der Waals surface area contributed by atoms with Gasteiger partial charge in [-0.05, 0) is 44.7 Å². The summed E-state index contributed by atoms with van der Waals surface area (Å²) >= 11 is 0. The fourth-order valence-corrected chi connectivity index (χ4v) is 2.19. The number of benzene rings is 1. The van der Waals surface area contributed by atoms with E-state index in [1.807, 2.05) is 27.0 Å². The van der Waals surface area contributed by atoms with Gasteiger partial charge in [-0.25, -0.2) is 4.39 Å². The summed E-state index contributed by atoms with van der Waals surface area (Å²) in [7, 11) is 1.86. The van der Waals surface area contributed by atoms with Gasteiger partial charge >= 0.3 is 0 Å². The quantitative estimate of drug-likeness (QED) is 0.636. The van der Waals surface area contributed by atoms with Crippen molar-refractivity contribution < 1.29 is 13.9 Å². The van der Waals surface area contributed by atoms with Gasteiger partial charge in [0.1, 0.15) is 5.82 Å². The number of hydrogen-bond acceptors (Lipinski definition) is 4. The average molecular weight is 298 g/mol. The molecule has 0 amide bonds. The molecule has 0 heterocycles. The van der Waals surface area contributed by atoms with Crippen LogP contribution in [0.3, 0.4) is 0 Å². The molecule has 120 valence electrons. The van der Waals surface area contributed by atoms with Crippen molar-refractivity contribution >= 4 is 5.69 Å². The van der Waals surface area contributed by atoms with Crippen LogP contribution in [0, 0.1) is 5.82 Å². The van der Waals surface area contributed by atoms with Crippen LogP contribution < -0.4 is 10.2 Å². The highest BCUT2D eigenvalue weighted by atomic mass is 19.1. The lowest BCUT2D eigenvalue weighted by atomic mass is 10.1. The summed E-state index contributed by atoms with van der Waals surface area (Å²) in [5.41, 5.74) is 1.98. The molecule has 1 N–H and O–H groups in total. The molecule has 5 heteroatoms. The highest BCUT2D eigenvalue weighted by molar-refractivity contribution is 5.54. The van der Waals surface area contributed by atoms with E-state index in [0.29, 0.717) is 33.0 Å². The maximum absolute atomic E-state index is 13.5. The fraction of sp³-hybridized carbons (Fsp3) is 0.625. The maximum atomic E-state index is 13.5. The van der Waals surface area contributed by atoms with E-state index in [1.165, 1.54) is 6.07 Å². The predicted molar refractivity (Wildman–Crippen MR) is 84.4 cm³/mol. The molecule has 0 aromatic heterocycles. The van der Waals surface area contributed by atoms with Crippen molar-refractivity contribution in [2.45, 2.75) is 20.4 Å². The number of nitrogens with zero attached hydrogens (tertiary/aromatic N) is 1. The van der Waals surface area contributed by atoms with Gasteiger partial charge in [-0.15, -0.1) is 0 Å². The third-order valence-electron chi connectivity index (χ3n) is 3.17. The predicted octanol–water partition coefficient (Wildman–Crippen LogP) is 2.42. The molecular weight excluding hydrogens is 271 g/mol. The Hall–Kier alpha value is -1.17. The zero-order valence-corrected chi connectivity index (χ0v) is 13.3. The van der Waals surface area contributed by atoms with Crippen molar-refractivity contribution in [1.29, 1.82) is 0 Å². The van der Waals surface area contributed by atoms with Crippen LogP contribution in [-0.4, -0.2) is 46.6 Å². The first-order valence-corrected chi connectivity index (χ1v) is 7.56. The highest BCUT2D eigenvalue weighted by Gasteiger charge is 2.12. The molecule has 0 saturated carbocycles. The highest BCUT2D eigenvalue weighted by Crippen LogP contribution is 2.21. The lowest BCUT2D eigenvalue weighted by molar-refractivity contribution is 0.141. The molecule has 0 atom stereocenters. The Balaban J connectivity index is 2.83. The second-order valence-corrected chi connectivity index (χ2v) is 4.68. The molecule has 0 fully saturated rings. The molecule has 0 unspecified atom stereocenters. The smallest absolute Gasteiger partial charge is 0.123 e. The minimum atomic E-state index is -0.210. The zero-order valence-electron chi connectivity index (χ0n) is 13.3. The van der Waals surface area contributed by atoms with Gasteiger partial charge in [0.15, 0.2) is 0 Å². The van der Waals surface area contributed by atoms with Crippen LogP contribution in [0.25, 0.3) is 0 Å². The number of rotatable bonds is 11. The van der Waals surface area contributed by atoms with Crippen molar-refractivity contribution in [3.8, 4) is 0 Å². The van der Waals surface area contributed by atoms with Crippen LogP contribution in [0.5, 0.6) is 0 Å². The molecule has 1 aromatic rings. The van der Waals surface area contributed by atoms with E-state index in [0.717, 1.165) is 24.3 Å². The largest absolute Gasteiger partial charge is 0.380 e. The van der Waals surface area contributed by atoms with Crippen LogP contribution in [0.1, 0.15) is 19.4 Å². The van der Waals surface area contributed by atoms with Crippen molar-refractivity contribution in [1.82, 2.24) is 5.32 Å². The molecule has 1 aromatic carbocycles. The molecule has 0 aliphatic carbocycles. The van der Waals surface area contributed by atoms with E-state index in [-0.39, 0.29) is 5.82 Å². The van der Waals surface area contributed by atoms with Crippen LogP contribution in [0.2, 0.25) is 0 Å². The van der Waals surface area contributed by atoms with Crippen LogP contribution in [0.4, 0.5) is 10.1 Å². The molecular formula is C16H27FN2O2. The van der Waals surface area contributed by atoms with Gasteiger partial charge in [-0.3, -0.25) is 0 Å². The number of hydrogen-bond donors (Lipinski definition) is 1. The van der Waals surface area contributed by atoms with Crippen molar-refractivity contribution in [3.05, 3.63) is 29.6 Å². The van der Waals surface area contributed by atoms with Gasteiger partial charge in [0.25, 0.3) is 0 Å². The molecule has 0 spiro atoms. The van der Waals surface area contributed by atoms with Crippen molar-refractivity contribution in [2.75, 3.05) is 51.5 Å². The Bertz CT molecular complexity index is 392. The van der Waals surface area contributed by atoms with Crippen molar-refractivity contribution in [3.63, 3.8) is 0 Å². The normalized spacial score (nSPS) is 10.9. The molecule has 1 rings (SSSR count). The average Bonchev–Trinajstić information content (AvgIpc) is 2.47. The third-order valence-corrected chi connectivity index (χ3v) is 3.17.